The Morgan fingerprint density at radius 3 is 2.40 bits per heavy atom. The van der Waals surface area contributed by atoms with E-state index in [1.54, 1.807) is 24.5 Å². The lowest BCUT2D eigenvalue weighted by Crippen LogP contribution is -2.33. The van der Waals surface area contributed by atoms with Crippen molar-refractivity contribution in [3.63, 3.8) is 0 Å². The summed E-state index contributed by atoms with van der Waals surface area (Å²) < 4.78 is 0. The minimum Gasteiger partial charge on any atom is -0.390 e. The number of pyridine rings is 1. The summed E-state index contributed by atoms with van der Waals surface area (Å²) in [6, 6.07) is 18.8. The van der Waals surface area contributed by atoms with Crippen LogP contribution >= 0.6 is 0 Å². The van der Waals surface area contributed by atoms with Crippen molar-refractivity contribution in [1.82, 2.24) is 10.3 Å². The molecule has 2 atom stereocenters. The zero-order valence-corrected chi connectivity index (χ0v) is 13.6. The molecular formula is C21H18N2O2. The van der Waals surface area contributed by atoms with E-state index in [9.17, 15) is 9.90 Å². The van der Waals surface area contributed by atoms with Gasteiger partial charge < -0.3 is 10.4 Å². The molecule has 0 unspecified atom stereocenters. The second-order valence-electron chi connectivity index (χ2n) is 6.23. The predicted octanol–water partition coefficient (Wildman–Crippen LogP) is 3.14. The lowest BCUT2D eigenvalue weighted by Gasteiger charge is -2.18. The smallest absolute Gasteiger partial charge is 0.251 e. The third-order valence-corrected chi connectivity index (χ3v) is 4.65. The number of amides is 1. The van der Waals surface area contributed by atoms with Crippen LogP contribution in [-0.4, -0.2) is 22.1 Å². The molecule has 1 aliphatic rings. The second-order valence-corrected chi connectivity index (χ2v) is 6.23. The van der Waals surface area contributed by atoms with E-state index >= 15 is 0 Å². The highest BCUT2D eigenvalue weighted by Crippen LogP contribution is 2.31. The van der Waals surface area contributed by atoms with Crippen LogP contribution in [-0.2, 0) is 6.42 Å². The van der Waals surface area contributed by atoms with Crippen molar-refractivity contribution in [2.75, 3.05) is 0 Å². The standard InChI is InChI=1S/C21H18N2O2/c24-19-13-17-3-1-2-4-18(17)20(19)23-21(25)16-7-5-14(6-8-16)15-9-11-22-12-10-15/h1-12,19-20,24H,13H2,(H,23,25)/t19-,20+/m0/s1. The van der Waals surface area contributed by atoms with Crippen molar-refractivity contribution in [3.8, 4) is 11.1 Å². The van der Waals surface area contributed by atoms with Crippen molar-refractivity contribution >= 4 is 5.91 Å². The molecule has 1 aliphatic carbocycles. The van der Waals surface area contributed by atoms with Gasteiger partial charge in [0.2, 0.25) is 0 Å². The molecule has 4 heteroatoms. The number of nitrogens with zero attached hydrogens (tertiary/aromatic N) is 1. The van der Waals surface area contributed by atoms with E-state index in [-0.39, 0.29) is 11.9 Å². The van der Waals surface area contributed by atoms with Crippen molar-refractivity contribution in [3.05, 3.63) is 89.7 Å². The number of hydrogen-bond donors (Lipinski definition) is 2. The Bertz CT molecular complexity index is 891. The molecule has 0 saturated carbocycles. The van der Waals surface area contributed by atoms with Crippen LogP contribution < -0.4 is 5.32 Å². The van der Waals surface area contributed by atoms with Gasteiger partial charge in [-0.05, 0) is 46.5 Å². The molecule has 2 N–H and O–H groups in total. The van der Waals surface area contributed by atoms with Gasteiger partial charge in [0.15, 0.2) is 0 Å². The number of aromatic nitrogens is 1. The first-order chi connectivity index (χ1) is 12.2. The molecule has 0 aliphatic heterocycles. The molecule has 1 amide bonds. The summed E-state index contributed by atoms with van der Waals surface area (Å²) in [7, 11) is 0. The van der Waals surface area contributed by atoms with Crippen LogP contribution in [0.5, 0.6) is 0 Å². The Balaban J connectivity index is 1.52. The van der Waals surface area contributed by atoms with Crippen LogP contribution in [0.1, 0.15) is 27.5 Å². The first-order valence-corrected chi connectivity index (χ1v) is 8.29. The molecule has 0 bridgehead atoms. The van der Waals surface area contributed by atoms with E-state index in [4.69, 9.17) is 0 Å². The van der Waals surface area contributed by atoms with E-state index in [0.29, 0.717) is 12.0 Å². The summed E-state index contributed by atoms with van der Waals surface area (Å²) in [5, 5.41) is 13.2. The fraction of sp³-hybridized carbons (Fsp3) is 0.143. The molecular weight excluding hydrogens is 312 g/mol. The number of benzene rings is 2. The predicted molar refractivity (Wildman–Crippen MR) is 96.0 cm³/mol. The van der Waals surface area contributed by atoms with Gasteiger partial charge in [-0.2, -0.15) is 0 Å². The fourth-order valence-corrected chi connectivity index (χ4v) is 3.33. The Kier molecular flexibility index (Phi) is 4.04. The molecule has 0 saturated heterocycles. The number of aliphatic hydroxyl groups excluding tert-OH is 1. The van der Waals surface area contributed by atoms with Gasteiger partial charge in [0, 0.05) is 24.4 Å². The molecule has 4 nitrogen and oxygen atoms in total. The van der Waals surface area contributed by atoms with Gasteiger partial charge in [0.05, 0.1) is 12.1 Å². The maximum Gasteiger partial charge on any atom is 0.251 e. The molecule has 124 valence electrons. The van der Waals surface area contributed by atoms with Crippen molar-refractivity contribution in [2.45, 2.75) is 18.6 Å². The zero-order valence-electron chi connectivity index (χ0n) is 13.6. The van der Waals surface area contributed by atoms with E-state index in [2.05, 4.69) is 10.3 Å². The molecule has 4 rings (SSSR count). The first kappa shape index (κ1) is 15.5. The number of fused-ring (bicyclic) bond motifs is 1. The zero-order chi connectivity index (χ0) is 17.2. The summed E-state index contributed by atoms with van der Waals surface area (Å²) in [6.07, 6.45) is 3.48. The van der Waals surface area contributed by atoms with Crippen LogP contribution in [0.25, 0.3) is 11.1 Å². The molecule has 1 heterocycles. The van der Waals surface area contributed by atoms with Crippen LogP contribution in [0.3, 0.4) is 0 Å². The van der Waals surface area contributed by atoms with E-state index < -0.39 is 6.10 Å². The lowest BCUT2D eigenvalue weighted by molar-refractivity contribution is 0.0858. The third kappa shape index (κ3) is 3.04. The van der Waals surface area contributed by atoms with Gasteiger partial charge in [-0.3, -0.25) is 9.78 Å². The minimum absolute atomic E-state index is 0.179. The highest BCUT2D eigenvalue weighted by molar-refractivity contribution is 5.95. The lowest BCUT2D eigenvalue weighted by atomic mass is 10.0. The summed E-state index contributed by atoms with van der Waals surface area (Å²) in [5.41, 5.74) is 4.76. The van der Waals surface area contributed by atoms with Crippen molar-refractivity contribution < 1.29 is 9.90 Å². The van der Waals surface area contributed by atoms with Crippen LogP contribution in [0, 0.1) is 0 Å². The summed E-state index contributed by atoms with van der Waals surface area (Å²) >= 11 is 0. The molecule has 3 aromatic rings. The number of aliphatic hydroxyl groups is 1. The van der Waals surface area contributed by atoms with Crippen LogP contribution in [0.15, 0.2) is 73.1 Å². The quantitative estimate of drug-likeness (QED) is 0.775. The van der Waals surface area contributed by atoms with E-state index in [1.165, 1.54) is 0 Å². The van der Waals surface area contributed by atoms with E-state index in [0.717, 1.165) is 22.3 Å². The van der Waals surface area contributed by atoms with Gasteiger partial charge >= 0.3 is 0 Å². The second kappa shape index (κ2) is 6.49. The van der Waals surface area contributed by atoms with Gasteiger partial charge in [0.1, 0.15) is 0 Å². The molecule has 0 radical (unpaired) electrons. The summed E-state index contributed by atoms with van der Waals surface area (Å²) in [4.78, 5) is 16.6. The Morgan fingerprint density at radius 1 is 0.960 bits per heavy atom. The molecule has 0 spiro atoms. The maximum absolute atomic E-state index is 12.6. The summed E-state index contributed by atoms with van der Waals surface area (Å²) in [6.45, 7) is 0. The van der Waals surface area contributed by atoms with Crippen LogP contribution in [0.2, 0.25) is 0 Å². The Morgan fingerprint density at radius 2 is 1.64 bits per heavy atom. The number of carbonyl (C=O) groups excluding carboxylic acids is 1. The number of hydrogen-bond acceptors (Lipinski definition) is 3. The van der Waals surface area contributed by atoms with Gasteiger partial charge in [-0.25, -0.2) is 0 Å². The number of rotatable bonds is 3. The third-order valence-electron chi connectivity index (χ3n) is 4.65. The number of carbonyl (C=O) groups is 1. The maximum atomic E-state index is 12.6. The van der Waals surface area contributed by atoms with Crippen molar-refractivity contribution in [1.29, 1.82) is 0 Å². The topological polar surface area (TPSA) is 62.2 Å². The van der Waals surface area contributed by atoms with Crippen molar-refractivity contribution in [2.24, 2.45) is 0 Å². The molecule has 2 aromatic carbocycles. The Hall–Kier alpha value is -2.98. The fourth-order valence-electron chi connectivity index (χ4n) is 3.33. The normalized spacial score (nSPS) is 18.6. The van der Waals surface area contributed by atoms with Gasteiger partial charge in [-0.1, -0.05) is 36.4 Å². The number of nitrogens with one attached hydrogen (secondary N) is 1. The SMILES string of the molecule is O=C(N[C@@H]1c2ccccc2C[C@@H]1O)c1ccc(-c2ccncc2)cc1. The van der Waals surface area contributed by atoms with Crippen LogP contribution in [0.4, 0.5) is 0 Å². The Labute approximate surface area is 146 Å². The monoisotopic (exact) mass is 330 g/mol. The molecule has 25 heavy (non-hydrogen) atoms. The highest BCUT2D eigenvalue weighted by atomic mass is 16.3. The average Bonchev–Trinajstić information content (AvgIpc) is 2.98. The summed E-state index contributed by atoms with van der Waals surface area (Å²) in [5.74, 6) is -0.179. The minimum atomic E-state index is -0.586. The average molecular weight is 330 g/mol. The van der Waals surface area contributed by atoms with E-state index in [1.807, 2.05) is 48.5 Å². The molecule has 0 fully saturated rings. The molecule has 1 aromatic heterocycles. The first-order valence-electron chi connectivity index (χ1n) is 8.29. The van der Waals surface area contributed by atoms with Gasteiger partial charge in [0.25, 0.3) is 5.91 Å². The largest absolute Gasteiger partial charge is 0.390 e. The highest BCUT2D eigenvalue weighted by Gasteiger charge is 2.31. The van der Waals surface area contributed by atoms with Gasteiger partial charge in [-0.15, -0.1) is 0 Å².